The van der Waals surface area contributed by atoms with Crippen LogP contribution in [0.25, 0.3) is 0 Å². The first-order valence-corrected chi connectivity index (χ1v) is 4.67. The van der Waals surface area contributed by atoms with E-state index in [1.54, 1.807) is 0 Å². The average Bonchev–Trinajstić information content (AvgIpc) is 2.44. The molecule has 1 aromatic rings. The lowest BCUT2D eigenvalue weighted by Crippen LogP contribution is -2.09. The Morgan fingerprint density at radius 3 is 2.12 bits per heavy atom. The lowest BCUT2D eigenvalue weighted by atomic mass is 9.92. The SMILES string of the molecule is CC(C)(C)Cc1nc(C(=O)O)c(C(=O)O)o1. The molecule has 0 aliphatic heterocycles. The van der Waals surface area contributed by atoms with Crippen LogP contribution in [-0.4, -0.2) is 27.1 Å². The summed E-state index contributed by atoms with van der Waals surface area (Å²) in [5.74, 6) is -3.32. The summed E-state index contributed by atoms with van der Waals surface area (Å²) in [6.07, 6.45) is 0.376. The van der Waals surface area contributed by atoms with Crippen molar-refractivity contribution in [2.75, 3.05) is 0 Å². The minimum atomic E-state index is -1.43. The third-order valence-corrected chi connectivity index (χ3v) is 1.75. The van der Waals surface area contributed by atoms with Crippen LogP contribution in [0.4, 0.5) is 0 Å². The van der Waals surface area contributed by atoms with E-state index < -0.39 is 23.4 Å². The summed E-state index contributed by atoms with van der Waals surface area (Å²) < 4.78 is 4.92. The van der Waals surface area contributed by atoms with Crippen molar-refractivity contribution >= 4 is 11.9 Å². The molecule has 0 spiro atoms. The molecule has 2 N–H and O–H groups in total. The van der Waals surface area contributed by atoms with Crippen LogP contribution in [0.3, 0.4) is 0 Å². The van der Waals surface area contributed by atoms with Crippen LogP contribution in [-0.2, 0) is 6.42 Å². The van der Waals surface area contributed by atoms with Gasteiger partial charge in [0.15, 0.2) is 5.89 Å². The molecule has 0 atom stereocenters. The highest BCUT2D eigenvalue weighted by Gasteiger charge is 2.26. The molecule has 0 fully saturated rings. The maximum atomic E-state index is 10.7. The summed E-state index contributed by atoms with van der Waals surface area (Å²) in [6, 6.07) is 0. The number of rotatable bonds is 3. The second-order valence-electron chi connectivity index (χ2n) is 4.63. The number of carboxylic acids is 2. The Bertz CT molecular complexity index is 395. The van der Waals surface area contributed by atoms with Crippen molar-refractivity contribution in [3.8, 4) is 0 Å². The van der Waals surface area contributed by atoms with E-state index >= 15 is 0 Å². The fourth-order valence-corrected chi connectivity index (χ4v) is 1.18. The molecular formula is C10H13NO5. The van der Waals surface area contributed by atoms with Gasteiger partial charge >= 0.3 is 11.9 Å². The molecule has 6 heteroatoms. The molecule has 6 nitrogen and oxygen atoms in total. The summed E-state index contributed by atoms with van der Waals surface area (Å²) in [5.41, 5.74) is -0.706. The monoisotopic (exact) mass is 227 g/mol. The van der Waals surface area contributed by atoms with Crippen LogP contribution in [0.15, 0.2) is 4.42 Å². The van der Waals surface area contributed by atoms with Crippen molar-refractivity contribution in [2.24, 2.45) is 5.41 Å². The van der Waals surface area contributed by atoms with Crippen LogP contribution in [0.5, 0.6) is 0 Å². The molecule has 0 bridgehead atoms. The first-order valence-electron chi connectivity index (χ1n) is 4.67. The Morgan fingerprint density at radius 2 is 1.81 bits per heavy atom. The zero-order chi connectivity index (χ0) is 12.5. The van der Waals surface area contributed by atoms with Gasteiger partial charge in [0.05, 0.1) is 0 Å². The highest BCUT2D eigenvalue weighted by molar-refractivity contribution is 5.98. The Labute approximate surface area is 91.9 Å². The Balaban J connectivity index is 3.12. The number of aromatic carboxylic acids is 2. The van der Waals surface area contributed by atoms with E-state index in [4.69, 9.17) is 14.6 Å². The molecule has 0 aliphatic carbocycles. The molecule has 1 heterocycles. The van der Waals surface area contributed by atoms with Crippen molar-refractivity contribution in [1.82, 2.24) is 4.98 Å². The van der Waals surface area contributed by atoms with Crippen molar-refractivity contribution < 1.29 is 24.2 Å². The molecule has 0 radical (unpaired) electrons. The van der Waals surface area contributed by atoms with Crippen molar-refractivity contribution in [1.29, 1.82) is 0 Å². The molecule has 0 aromatic carbocycles. The van der Waals surface area contributed by atoms with E-state index in [1.807, 2.05) is 20.8 Å². The average molecular weight is 227 g/mol. The van der Waals surface area contributed by atoms with Crippen LogP contribution < -0.4 is 0 Å². The molecule has 16 heavy (non-hydrogen) atoms. The topological polar surface area (TPSA) is 101 Å². The van der Waals surface area contributed by atoms with E-state index in [9.17, 15) is 9.59 Å². The van der Waals surface area contributed by atoms with E-state index in [0.29, 0.717) is 6.42 Å². The number of oxazole rings is 1. The Morgan fingerprint density at radius 1 is 1.25 bits per heavy atom. The highest BCUT2D eigenvalue weighted by atomic mass is 16.4. The van der Waals surface area contributed by atoms with E-state index in [0.717, 1.165) is 0 Å². The fraction of sp³-hybridized carbons (Fsp3) is 0.500. The lowest BCUT2D eigenvalue weighted by Gasteiger charge is -2.14. The second kappa shape index (κ2) is 3.96. The van der Waals surface area contributed by atoms with Gasteiger partial charge in [-0.1, -0.05) is 20.8 Å². The molecule has 88 valence electrons. The van der Waals surface area contributed by atoms with Gasteiger partial charge in [0, 0.05) is 6.42 Å². The number of nitrogens with zero attached hydrogens (tertiary/aromatic N) is 1. The van der Waals surface area contributed by atoms with Gasteiger partial charge in [-0.05, 0) is 5.41 Å². The fourth-order valence-electron chi connectivity index (χ4n) is 1.18. The smallest absolute Gasteiger partial charge is 0.374 e. The minimum Gasteiger partial charge on any atom is -0.476 e. The zero-order valence-electron chi connectivity index (χ0n) is 9.27. The molecule has 0 unspecified atom stereocenters. The number of hydrogen-bond acceptors (Lipinski definition) is 4. The van der Waals surface area contributed by atoms with Gasteiger partial charge in [0.1, 0.15) is 0 Å². The van der Waals surface area contributed by atoms with Crippen molar-refractivity contribution in [2.45, 2.75) is 27.2 Å². The van der Waals surface area contributed by atoms with Gasteiger partial charge < -0.3 is 14.6 Å². The molecule has 0 saturated heterocycles. The largest absolute Gasteiger partial charge is 0.476 e. The summed E-state index contributed by atoms with van der Waals surface area (Å²) in [7, 11) is 0. The van der Waals surface area contributed by atoms with Gasteiger partial charge in [0.25, 0.3) is 0 Å². The predicted octanol–water partition coefficient (Wildman–Crippen LogP) is 1.66. The maximum absolute atomic E-state index is 10.7. The lowest BCUT2D eigenvalue weighted by molar-refractivity contribution is 0.0622. The van der Waals surface area contributed by atoms with Gasteiger partial charge in [-0.3, -0.25) is 0 Å². The van der Waals surface area contributed by atoms with Crippen LogP contribution in [0.1, 0.15) is 47.7 Å². The van der Waals surface area contributed by atoms with E-state index in [2.05, 4.69) is 4.98 Å². The normalized spacial score (nSPS) is 11.4. The summed E-state index contributed by atoms with van der Waals surface area (Å²) in [5, 5.41) is 17.5. The van der Waals surface area contributed by atoms with Crippen LogP contribution >= 0.6 is 0 Å². The zero-order valence-corrected chi connectivity index (χ0v) is 9.27. The van der Waals surface area contributed by atoms with E-state index in [1.165, 1.54) is 0 Å². The molecule has 0 amide bonds. The highest BCUT2D eigenvalue weighted by Crippen LogP contribution is 2.22. The Kier molecular flexibility index (Phi) is 3.02. The standard InChI is InChI=1S/C10H13NO5/c1-10(2,3)4-5-11-6(8(12)13)7(16-5)9(14)15/h4H2,1-3H3,(H,12,13)(H,14,15). The number of carbonyl (C=O) groups is 2. The van der Waals surface area contributed by atoms with E-state index in [-0.39, 0.29) is 11.3 Å². The molecule has 0 saturated carbocycles. The second-order valence-corrected chi connectivity index (χ2v) is 4.63. The number of carboxylic acid groups (broad SMARTS) is 2. The predicted molar refractivity (Wildman–Crippen MR) is 53.6 cm³/mol. The maximum Gasteiger partial charge on any atom is 0.374 e. The first kappa shape index (κ1) is 12.2. The number of aromatic nitrogens is 1. The third kappa shape index (κ3) is 2.82. The van der Waals surface area contributed by atoms with Gasteiger partial charge in [0.2, 0.25) is 11.5 Å². The summed E-state index contributed by atoms with van der Waals surface area (Å²) >= 11 is 0. The molecular weight excluding hydrogens is 214 g/mol. The first-order chi connectivity index (χ1) is 7.20. The Hall–Kier alpha value is -1.85. The summed E-state index contributed by atoms with van der Waals surface area (Å²) in [6.45, 7) is 5.74. The molecule has 0 aliphatic rings. The molecule has 1 aromatic heterocycles. The quantitative estimate of drug-likeness (QED) is 0.814. The van der Waals surface area contributed by atoms with Crippen LogP contribution in [0.2, 0.25) is 0 Å². The number of hydrogen-bond donors (Lipinski definition) is 2. The van der Waals surface area contributed by atoms with Gasteiger partial charge in [-0.15, -0.1) is 0 Å². The molecule has 1 rings (SSSR count). The van der Waals surface area contributed by atoms with Crippen molar-refractivity contribution in [3.05, 3.63) is 17.3 Å². The summed E-state index contributed by atoms with van der Waals surface area (Å²) in [4.78, 5) is 25.1. The van der Waals surface area contributed by atoms with Crippen LogP contribution in [0, 0.1) is 5.41 Å². The van der Waals surface area contributed by atoms with Gasteiger partial charge in [-0.2, -0.15) is 0 Å². The minimum absolute atomic E-state index is 0.127. The third-order valence-electron chi connectivity index (χ3n) is 1.75. The van der Waals surface area contributed by atoms with Crippen molar-refractivity contribution in [3.63, 3.8) is 0 Å². The van der Waals surface area contributed by atoms with Gasteiger partial charge in [-0.25, -0.2) is 14.6 Å².